The fourth-order valence-electron chi connectivity index (χ4n) is 4.31. The van der Waals surface area contributed by atoms with Crippen molar-refractivity contribution in [2.24, 2.45) is 5.92 Å². The molecule has 0 unspecified atom stereocenters. The molecule has 4 N–H and O–H groups in total. The number of urea groups is 1. The van der Waals surface area contributed by atoms with Crippen molar-refractivity contribution >= 4 is 46.5 Å². The highest BCUT2D eigenvalue weighted by atomic mass is 35.5. The van der Waals surface area contributed by atoms with Crippen LogP contribution in [-0.4, -0.2) is 46.5 Å². The van der Waals surface area contributed by atoms with E-state index in [4.69, 9.17) is 11.6 Å². The zero-order valence-corrected chi connectivity index (χ0v) is 18.8. The second kappa shape index (κ2) is 10.2. The summed E-state index contributed by atoms with van der Waals surface area (Å²) in [7, 11) is 0. The highest BCUT2D eigenvalue weighted by molar-refractivity contribution is 6.30. The van der Waals surface area contributed by atoms with E-state index in [9.17, 15) is 19.5 Å². The molecule has 2 fully saturated rings. The number of amides is 4. The second-order valence-corrected chi connectivity index (χ2v) is 8.97. The quantitative estimate of drug-likeness (QED) is 0.527. The first-order valence-electron chi connectivity index (χ1n) is 11.1. The Balaban J connectivity index is 1.35. The summed E-state index contributed by atoms with van der Waals surface area (Å²) in [5.74, 6) is -0.282. The number of benzene rings is 2. The molecule has 9 heteroatoms. The largest absolute Gasteiger partial charge is 0.391 e. The van der Waals surface area contributed by atoms with Gasteiger partial charge in [-0.15, -0.1) is 0 Å². The van der Waals surface area contributed by atoms with Crippen LogP contribution in [0.3, 0.4) is 0 Å². The van der Waals surface area contributed by atoms with Gasteiger partial charge in [0, 0.05) is 41.0 Å². The number of aliphatic hydroxyl groups excluding tert-OH is 1. The Morgan fingerprint density at radius 1 is 0.818 bits per heavy atom. The highest BCUT2D eigenvalue weighted by Crippen LogP contribution is 2.27. The number of hydrogen-bond donors (Lipinski definition) is 4. The van der Waals surface area contributed by atoms with Crippen molar-refractivity contribution in [3.8, 4) is 0 Å². The summed E-state index contributed by atoms with van der Waals surface area (Å²) >= 11 is 5.87. The summed E-state index contributed by atoms with van der Waals surface area (Å²) in [6.45, 7) is 0.0592. The normalized spacial score (nSPS) is 20.5. The average Bonchev–Trinajstić information content (AvgIpc) is 3.47. The number of hydrogen-bond acceptors (Lipinski definition) is 4. The monoisotopic (exact) mass is 470 g/mol. The number of anilines is 3. The van der Waals surface area contributed by atoms with Gasteiger partial charge in [0.1, 0.15) is 6.04 Å². The van der Waals surface area contributed by atoms with Crippen LogP contribution in [0, 0.1) is 5.92 Å². The van der Waals surface area contributed by atoms with Gasteiger partial charge in [-0.2, -0.15) is 0 Å². The third-order valence-corrected chi connectivity index (χ3v) is 6.34. The van der Waals surface area contributed by atoms with E-state index in [2.05, 4.69) is 16.0 Å². The summed E-state index contributed by atoms with van der Waals surface area (Å²) < 4.78 is 0. The summed E-state index contributed by atoms with van der Waals surface area (Å²) in [5.41, 5.74) is 1.75. The van der Waals surface area contributed by atoms with E-state index in [0.29, 0.717) is 22.1 Å². The zero-order valence-electron chi connectivity index (χ0n) is 18.1. The van der Waals surface area contributed by atoms with Gasteiger partial charge >= 0.3 is 6.03 Å². The van der Waals surface area contributed by atoms with Crippen molar-refractivity contribution in [3.63, 3.8) is 0 Å². The van der Waals surface area contributed by atoms with E-state index in [1.54, 1.807) is 48.5 Å². The van der Waals surface area contributed by atoms with Crippen molar-refractivity contribution < 1.29 is 19.5 Å². The summed E-state index contributed by atoms with van der Waals surface area (Å²) in [4.78, 5) is 39.2. The van der Waals surface area contributed by atoms with E-state index in [0.717, 1.165) is 25.7 Å². The molecule has 8 nitrogen and oxygen atoms in total. The molecule has 1 saturated carbocycles. The lowest BCUT2D eigenvalue weighted by atomic mass is 10.1. The van der Waals surface area contributed by atoms with Crippen molar-refractivity contribution in [2.75, 3.05) is 22.5 Å². The van der Waals surface area contributed by atoms with Crippen LogP contribution < -0.4 is 16.0 Å². The van der Waals surface area contributed by atoms with Crippen LogP contribution in [0.15, 0.2) is 48.5 Å². The molecule has 4 rings (SSSR count). The van der Waals surface area contributed by atoms with Gasteiger partial charge in [0.15, 0.2) is 0 Å². The maximum Gasteiger partial charge on any atom is 0.322 e. The van der Waals surface area contributed by atoms with Crippen LogP contribution in [0.1, 0.15) is 32.1 Å². The van der Waals surface area contributed by atoms with Crippen LogP contribution in [0.5, 0.6) is 0 Å². The molecule has 174 valence electrons. The molecule has 1 aliphatic heterocycles. The zero-order chi connectivity index (χ0) is 23.4. The third kappa shape index (κ3) is 5.83. The molecular weight excluding hydrogens is 444 g/mol. The SMILES string of the molecule is O=C(Nc1ccc(NC(=O)[C@H]2C[C@@H](O)CN2C(=O)Nc2ccc(Cl)cc2)cc1)C1CCCC1. The number of nitrogens with one attached hydrogen (secondary N) is 3. The van der Waals surface area contributed by atoms with Gasteiger partial charge in [0.05, 0.1) is 6.10 Å². The van der Waals surface area contributed by atoms with Crippen LogP contribution in [0.2, 0.25) is 5.02 Å². The predicted octanol–water partition coefficient (Wildman–Crippen LogP) is 4.07. The Bertz CT molecular complexity index is 1010. The van der Waals surface area contributed by atoms with E-state index >= 15 is 0 Å². The van der Waals surface area contributed by atoms with Crippen LogP contribution in [-0.2, 0) is 9.59 Å². The third-order valence-electron chi connectivity index (χ3n) is 6.08. The Morgan fingerprint density at radius 2 is 1.33 bits per heavy atom. The van der Waals surface area contributed by atoms with E-state index < -0.39 is 18.2 Å². The number of rotatable bonds is 5. The number of aliphatic hydroxyl groups is 1. The molecule has 0 bridgehead atoms. The van der Waals surface area contributed by atoms with Gasteiger partial charge in [-0.25, -0.2) is 4.79 Å². The molecule has 33 heavy (non-hydrogen) atoms. The first-order valence-corrected chi connectivity index (χ1v) is 11.5. The minimum atomic E-state index is -0.811. The molecule has 1 aliphatic carbocycles. The Kier molecular flexibility index (Phi) is 7.15. The molecule has 2 atom stereocenters. The van der Waals surface area contributed by atoms with Crippen molar-refractivity contribution in [1.82, 2.24) is 4.90 Å². The number of nitrogens with zero attached hydrogens (tertiary/aromatic N) is 1. The van der Waals surface area contributed by atoms with Crippen LogP contribution in [0.25, 0.3) is 0 Å². The minimum absolute atomic E-state index is 0.0339. The number of β-amino-alcohol motifs (C(OH)–C–C–N with tert-alkyl or cyclic N) is 1. The molecule has 1 saturated heterocycles. The Morgan fingerprint density at radius 3 is 1.94 bits per heavy atom. The molecule has 2 aliphatic rings. The molecule has 4 amide bonds. The van der Waals surface area contributed by atoms with Crippen LogP contribution >= 0.6 is 11.6 Å². The lowest BCUT2D eigenvalue weighted by Crippen LogP contribution is -2.45. The van der Waals surface area contributed by atoms with Gasteiger partial charge in [0.25, 0.3) is 0 Å². The molecule has 0 aromatic heterocycles. The topological polar surface area (TPSA) is 111 Å². The summed E-state index contributed by atoms with van der Waals surface area (Å²) in [6.07, 6.45) is 3.39. The molecule has 0 radical (unpaired) electrons. The van der Waals surface area contributed by atoms with E-state index in [1.807, 2.05) is 0 Å². The van der Waals surface area contributed by atoms with Crippen LogP contribution in [0.4, 0.5) is 21.9 Å². The molecular formula is C24H27ClN4O4. The standard InChI is InChI=1S/C24H27ClN4O4/c25-16-5-7-19(8-6-16)28-24(33)29-14-20(30)13-21(29)23(32)27-18-11-9-17(10-12-18)26-22(31)15-3-1-2-4-15/h5-12,15,20-21,30H,1-4,13-14H2,(H,26,31)(H,27,32)(H,28,33)/t20-,21-/m1/s1. The number of halogens is 1. The summed E-state index contributed by atoms with van der Waals surface area (Å²) in [6, 6.07) is 12.2. The number of carbonyl (C=O) groups excluding carboxylic acids is 3. The van der Waals surface area contributed by atoms with Crippen molar-refractivity contribution in [1.29, 1.82) is 0 Å². The summed E-state index contributed by atoms with van der Waals surface area (Å²) in [5, 5.41) is 19.1. The smallest absolute Gasteiger partial charge is 0.322 e. The number of likely N-dealkylation sites (tertiary alicyclic amines) is 1. The molecule has 0 spiro atoms. The molecule has 1 heterocycles. The lowest BCUT2D eigenvalue weighted by Gasteiger charge is -2.24. The van der Waals surface area contributed by atoms with Gasteiger partial charge < -0.3 is 26.0 Å². The first-order chi connectivity index (χ1) is 15.9. The maximum absolute atomic E-state index is 12.9. The first kappa shape index (κ1) is 23.1. The fraction of sp³-hybridized carbons (Fsp3) is 0.375. The fourth-order valence-corrected chi connectivity index (χ4v) is 4.44. The van der Waals surface area contributed by atoms with Crippen molar-refractivity contribution in [2.45, 2.75) is 44.2 Å². The highest BCUT2D eigenvalue weighted by Gasteiger charge is 2.39. The van der Waals surface area contributed by atoms with Gasteiger partial charge in [0.2, 0.25) is 11.8 Å². The lowest BCUT2D eigenvalue weighted by molar-refractivity contribution is -0.120. The minimum Gasteiger partial charge on any atom is -0.391 e. The second-order valence-electron chi connectivity index (χ2n) is 8.53. The van der Waals surface area contributed by atoms with Crippen molar-refractivity contribution in [3.05, 3.63) is 53.6 Å². The number of carbonyl (C=O) groups is 3. The van der Waals surface area contributed by atoms with Gasteiger partial charge in [-0.3, -0.25) is 9.59 Å². The molecule has 2 aromatic rings. The Labute approximate surface area is 197 Å². The van der Waals surface area contributed by atoms with Gasteiger partial charge in [-0.1, -0.05) is 24.4 Å². The molecule has 2 aromatic carbocycles. The van der Waals surface area contributed by atoms with E-state index in [1.165, 1.54) is 4.90 Å². The van der Waals surface area contributed by atoms with E-state index in [-0.39, 0.29) is 30.7 Å². The maximum atomic E-state index is 12.9. The predicted molar refractivity (Wildman–Crippen MR) is 127 cm³/mol. The van der Waals surface area contributed by atoms with Gasteiger partial charge in [-0.05, 0) is 61.4 Å². The Hall–Kier alpha value is -3.10. The average molecular weight is 471 g/mol.